The lowest BCUT2D eigenvalue weighted by molar-refractivity contribution is -0.120. The van der Waals surface area contributed by atoms with Gasteiger partial charge in [-0.2, -0.15) is 0 Å². The van der Waals surface area contributed by atoms with E-state index in [0.29, 0.717) is 30.5 Å². The fraction of sp³-hybridized carbons (Fsp3) is 0.706. The van der Waals surface area contributed by atoms with Crippen molar-refractivity contribution in [3.05, 3.63) is 24.3 Å². The molecule has 0 aromatic carbocycles. The van der Waals surface area contributed by atoms with Crippen LogP contribution >= 0.6 is 0 Å². The van der Waals surface area contributed by atoms with Gasteiger partial charge in [0.1, 0.15) is 5.78 Å². The molecule has 1 aliphatic carbocycles. The molecule has 0 aromatic rings. The summed E-state index contributed by atoms with van der Waals surface area (Å²) >= 11 is 0. The van der Waals surface area contributed by atoms with Gasteiger partial charge in [-0.1, -0.05) is 52.0 Å². The van der Waals surface area contributed by atoms with Crippen LogP contribution in [0.1, 0.15) is 66.2 Å². The highest BCUT2D eigenvalue weighted by Crippen LogP contribution is 2.14. The molecule has 0 heterocycles. The SMILES string of the molecule is CC.CC1C=CCCCC/C=C/C(C)CC(=O)C1. The van der Waals surface area contributed by atoms with Gasteiger partial charge in [-0.25, -0.2) is 0 Å². The van der Waals surface area contributed by atoms with Crippen LogP contribution in [0.5, 0.6) is 0 Å². The summed E-state index contributed by atoms with van der Waals surface area (Å²) in [4.78, 5) is 11.7. The number of Topliss-reactive ketones (excluding diaryl/α,β-unsaturated/α-hetero) is 1. The van der Waals surface area contributed by atoms with E-state index in [1.54, 1.807) is 0 Å². The minimum absolute atomic E-state index is 0.397. The molecule has 1 aliphatic rings. The van der Waals surface area contributed by atoms with Crippen LogP contribution in [0, 0.1) is 11.8 Å². The first kappa shape index (κ1) is 17.2. The minimum atomic E-state index is 0.397. The zero-order valence-electron chi connectivity index (χ0n) is 12.6. The molecule has 0 aromatic heterocycles. The second-order valence-electron chi connectivity index (χ2n) is 5.04. The van der Waals surface area contributed by atoms with Gasteiger partial charge in [-0.3, -0.25) is 4.79 Å². The Hall–Kier alpha value is -0.850. The molecular formula is C17H30O. The Morgan fingerprint density at radius 1 is 0.889 bits per heavy atom. The molecule has 0 aliphatic heterocycles. The van der Waals surface area contributed by atoms with Crippen LogP contribution in [0.25, 0.3) is 0 Å². The smallest absolute Gasteiger partial charge is 0.134 e. The van der Waals surface area contributed by atoms with Gasteiger partial charge in [-0.15, -0.1) is 0 Å². The lowest BCUT2D eigenvalue weighted by atomic mass is 9.97. The highest BCUT2D eigenvalue weighted by atomic mass is 16.1. The van der Waals surface area contributed by atoms with Gasteiger partial charge >= 0.3 is 0 Å². The van der Waals surface area contributed by atoms with Gasteiger partial charge in [0.05, 0.1) is 0 Å². The first-order valence-corrected chi connectivity index (χ1v) is 7.53. The predicted octanol–water partition coefficient (Wildman–Crippen LogP) is 5.32. The van der Waals surface area contributed by atoms with Crippen molar-refractivity contribution in [2.24, 2.45) is 11.8 Å². The maximum absolute atomic E-state index is 11.7. The molecule has 1 rings (SSSR count). The first-order valence-electron chi connectivity index (χ1n) is 7.53. The monoisotopic (exact) mass is 250 g/mol. The van der Waals surface area contributed by atoms with Crippen LogP contribution in [0.2, 0.25) is 0 Å². The Kier molecular flexibility index (Phi) is 10.7. The molecule has 0 bridgehead atoms. The summed E-state index contributed by atoms with van der Waals surface area (Å²) in [7, 11) is 0. The average molecular weight is 250 g/mol. The number of allylic oxidation sites excluding steroid dienone is 4. The first-order chi connectivity index (χ1) is 8.68. The average Bonchev–Trinajstić information content (AvgIpc) is 2.35. The number of hydrogen-bond donors (Lipinski definition) is 0. The number of hydrogen-bond acceptors (Lipinski definition) is 1. The third-order valence-corrected chi connectivity index (χ3v) is 3.02. The van der Waals surface area contributed by atoms with Crippen molar-refractivity contribution in [2.75, 3.05) is 0 Å². The number of carbonyl (C=O) groups excluding carboxylic acids is 1. The van der Waals surface area contributed by atoms with Crippen LogP contribution in [0.15, 0.2) is 24.3 Å². The summed E-state index contributed by atoms with van der Waals surface area (Å²) in [6.07, 6.45) is 15.1. The molecule has 0 fully saturated rings. The Bertz CT molecular complexity index is 237. The molecule has 0 saturated heterocycles. The Balaban J connectivity index is 0.00000137. The third kappa shape index (κ3) is 9.21. The lowest BCUT2D eigenvalue weighted by Crippen LogP contribution is -2.07. The molecule has 18 heavy (non-hydrogen) atoms. The van der Waals surface area contributed by atoms with Crippen molar-refractivity contribution in [2.45, 2.75) is 66.2 Å². The van der Waals surface area contributed by atoms with Gasteiger partial charge in [-0.05, 0) is 37.5 Å². The van der Waals surface area contributed by atoms with E-state index < -0.39 is 0 Å². The van der Waals surface area contributed by atoms with Crippen molar-refractivity contribution in [3.8, 4) is 0 Å². The number of ketones is 1. The summed E-state index contributed by atoms with van der Waals surface area (Å²) in [5.41, 5.74) is 0. The zero-order valence-corrected chi connectivity index (χ0v) is 12.6. The van der Waals surface area contributed by atoms with Crippen molar-refractivity contribution >= 4 is 5.78 Å². The minimum Gasteiger partial charge on any atom is -0.300 e. The fourth-order valence-electron chi connectivity index (χ4n) is 2.12. The van der Waals surface area contributed by atoms with E-state index in [0.717, 1.165) is 12.8 Å². The van der Waals surface area contributed by atoms with Crippen LogP contribution in [0.3, 0.4) is 0 Å². The second kappa shape index (κ2) is 11.3. The predicted molar refractivity (Wildman–Crippen MR) is 80.7 cm³/mol. The summed E-state index contributed by atoms with van der Waals surface area (Å²) in [6, 6.07) is 0. The maximum Gasteiger partial charge on any atom is 0.134 e. The van der Waals surface area contributed by atoms with Crippen LogP contribution in [-0.2, 0) is 4.79 Å². The van der Waals surface area contributed by atoms with Crippen LogP contribution in [-0.4, -0.2) is 5.78 Å². The second-order valence-corrected chi connectivity index (χ2v) is 5.04. The molecule has 2 unspecified atom stereocenters. The van der Waals surface area contributed by atoms with Gasteiger partial charge in [0.15, 0.2) is 0 Å². The topological polar surface area (TPSA) is 17.1 Å². The maximum atomic E-state index is 11.7. The zero-order chi connectivity index (χ0) is 13.8. The Morgan fingerprint density at radius 2 is 1.28 bits per heavy atom. The van der Waals surface area contributed by atoms with E-state index in [4.69, 9.17) is 0 Å². The molecule has 0 N–H and O–H groups in total. The van der Waals surface area contributed by atoms with E-state index in [-0.39, 0.29) is 0 Å². The summed E-state index contributed by atoms with van der Waals surface area (Å²) in [5.74, 6) is 1.21. The highest BCUT2D eigenvalue weighted by molar-refractivity contribution is 5.79. The molecule has 104 valence electrons. The molecule has 0 spiro atoms. The van der Waals surface area contributed by atoms with Crippen molar-refractivity contribution in [1.82, 2.24) is 0 Å². The molecule has 0 amide bonds. The fourth-order valence-corrected chi connectivity index (χ4v) is 2.12. The quantitative estimate of drug-likeness (QED) is 0.532. The third-order valence-electron chi connectivity index (χ3n) is 3.02. The highest BCUT2D eigenvalue weighted by Gasteiger charge is 2.09. The molecular weight excluding hydrogens is 220 g/mol. The summed E-state index contributed by atoms with van der Waals surface area (Å²) in [5, 5.41) is 0. The molecule has 0 saturated carbocycles. The van der Waals surface area contributed by atoms with E-state index >= 15 is 0 Å². The molecule has 0 radical (unpaired) electrons. The Morgan fingerprint density at radius 3 is 1.67 bits per heavy atom. The molecule has 1 heteroatoms. The van der Waals surface area contributed by atoms with Gasteiger partial charge < -0.3 is 0 Å². The van der Waals surface area contributed by atoms with Crippen molar-refractivity contribution in [3.63, 3.8) is 0 Å². The van der Waals surface area contributed by atoms with Crippen LogP contribution < -0.4 is 0 Å². The largest absolute Gasteiger partial charge is 0.300 e. The molecule has 1 nitrogen and oxygen atoms in total. The van der Waals surface area contributed by atoms with Gasteiger partial charge in [0.2, 0.25) is 0 Å². The number of carbonyl (C=O) groups is 1. The van der Waals surface area contributed by atoms with Crippen LogP contribution in [0.4, 0.5) is 0 Å². The van der Waals surface area contributed by atoms with E-state index in [1.165, 1.54) is 12.8 Å². The van der Waals surface area contributed by atoms with E-state index in [1.807, 2.05) is 13.8 Å². The lowest BCUT2D eigenvalue weighted by Gasteiger charge is -2.08. The molecule has 2 atom stereocenters. The summed E-state index contributed by atoms with van der Waals surface area (Å²) in [6.45, 7) is 8.27. The van der Waals surface area contributed by atoms with Crippen molar-refractivity contribution < 1.29 is 4.79 Å². The summed E-state index contributed by atoms with van der Waals surface area (Å²) < 4.78 is 0. The van der Waals surface area contributed by atoms with Gasteiger partial charge in [0.25, 0.3) is 0 Å². The van der Waals surface area contributed by atoms with Crippen molar-refractivity contribution in [1.29, 1.82) is 0 Å². The number of rotatable bonds is 0. The Labute approximate surface area is 113 Å². The standard InChI is InChI=1S/C15H24O.C2H6/c1-13-9-7-5-3-4-6-8-10-14(2)12-15(16)11-13;1-2/h7-10,13-14H,3-6,11-12H2,1-2H3;1-2H3/b9-7+,10-8?;. The van der Waals surface area contributed by atoms with E-state index in [9.17, 15) is 4.79 Å². The normalized spacial score (nSPS) is 28.1. The van der Waals surface area contributed by atoms with Gasteiger partial charge in [0, 0.05) is 12.8 Å². The van der Waals surface area contributed by atoms with E-state index in [2.05, 4.69) is 38.2 Å².